The van der Waals surface area contributed by atoms with Gasteiger partial charge in [0.25, 0.3) is 0 Å². The molecule has 1 rings (SSSR count). The smallest absolute Gasteiger partial charge is 0.243 e. The number of hydrogen-bond donors (Lipinski definition) is 1. The third-order valence-electron chi connectivity index (χ3n) is 3.49. The molecule has 0 heterocycles. The van der Waals surface area contributed by atoms with Gasteiger partial charge in [0.15, 0.2) is 0 Å². The highest BCUT2D eigenvalue weighted by atomic mass is 35.5. The van der Waals surface area contributed by atoms with Gasteiger partial charge in [-0.3, -0.25) is 0 Å². The topological polar surface area (TPSA) is 49.4 Å². The van der Waals surface area contributed by atoms with Crippen molar-refractivity contribution in [1.29, 1.82) is 0 Å². The van der Waals surface area contributed by atoms with E-state index in [0.29, 0.717) is 17.5 Å². The van der Waals surface area contributed by atoms with E-state index in [1.165, 1.54) is 4.31 Å². The van der Waals surface area contributed by atoms with E-state index in [2.05, 4.69) is 19.2 Å². The fourth-order valence-corrected chi connectivity index (χ4v) is 3.88. The van der Waals surface area contributed by atoms with Gasteiger partial charge in [-0.05, 0) is 50.1 Å². The molecule has 21 heavy (non-hydrogen) atoms. The van der Waals surface area contributed by atoms with Crippen molar-refractivity contribution in [2.24, 2.45) is 5.92 Å². The first-order chi connectivity index (χ1) is 9.70. The fraction of sp³-hybridized carbons (Fsp3) is 0.600. The Morgan fingerprint density at radius 2 is 1.90 bits per heavy atom. The summed E-state index contributed by atoms with van der Waals surface area (Å²) in [6.45, 7) is 6.64. The Hall–Kier alpha value is -0.620. The molecule has 0 radical (unpaired) electrons. The van der Waals surface area contributed by atoms with Gasteiger partial charge >= 0.3 is 0 Å². The van der Waals surface area contributed by atoms with Crippen LogP contribution < -0.4 is 5.32 Å². The van der Waals surface area contributed by atoms with E-state index in [1.807, 2.05) is 6.92 Å². The van der Waals surface area contributed by atoms with Crippen LogP contribution >= 0.6 is 11.6 Å². The molecule has 0 aliphatic carbocycles. The van der Waals surface area contributed by atoms with Gasteiger partial charge in [0.1, 0.15) is 0 Å². The molecule has 120 valence electrons. The summed E-state index contributed by atoms with van der Waals surface area (Å²) in [5.41, 5.74) is 0.783. The maximum Gasteiger partial charge on any atom is 0.243 e. The molecule has 0 saturated heterocycles. The fourth-order valence-electron chi connectivity index (χ4n) is 2.27. The maximum atomic E-state index is 12.7. The van der Waals surface area contributed by atoms with Crippen molar-refractivity contribution >= 4 is 21.6 Å². The highest BCUT2D eigenvalue weighted by Crippen LogP contribution is 2.24. The maximum absolute atomic E-state index is 12.7. The highest BCUT2D eigenvalue weighted by Gasteiger charge is 2.26. The average molecular weight is 333 g/mol. The lowest BCUT2D eigenvalue weighted by Crippen LogP contribution is -2.36. The number of benzene rings is 1. The lowest BCUT2D eigenvalue weighted by Gasteiger charge is -2.26. The molecular formula is C15H25ClN2O2S. The van der Waals surface area contributed by atoms with Crippen molar-refractivity contribution in [3.05, 3.63) is 28.8 Å². The van der Waals surface area contributed by atoms with Gasteiger partial charge in [0, 0.05) is 24.7 Å². The summed E-state index contributed by atoms with van der Waals surface area (Å²) in [5.74, 6) is 0.447. The van der Waals surface area contributed by atoms with E-state index in [1.54, 1.807) is 32.3 Å². The van der Waals surface area contributed by atoms with Crippen LogP contribution in [0.3, 0.4) is 0 Å². The molecule has 1 atom stereocenters. The zero-order valence-electron chi connectivity index (χ0n) is 13.4. The first kappa shape index (κ1) is 18.4. The standard InChI is InChI=1S/C15H25ClN2O2S/c1-11(2)8-12(3)18(5)21(19,20)14-6-7-15(16)13(9-14)10-17-4/h6-7,9,11-12,17H,8,10H2,1-5H3. The Morgan fingerprint density at radius 1 is 1.29 bits per heavy atom. The van der Waals surface area contributed by atoms with Gasteiger partial charge in [-0.1, -0.05) is 25.4 Å². The van der Waals surface area contributed by atoms with Crippen LogP contribution in [0.2, 0.25) is 5.02 Å². The molecule has 1 unspecified atom stereocenters. The molecule has 1 N–H and O–H groups in total. The first-order valence-electron chi connectivity index (χ1n) is 7.11. The van der Waals surface area contributed by atoms with Crippen LogP contribution in [0.5, 0.6) is 0 Å². The Morgan fingerprint density at radius 3 is 2.43 bits per heavy atom. The van der Waals surface area contributed by atoms with Crippen molar-refractivity contribution in [3.8, 4) is 0 Å². The van der Waals surface area contributed by atoms with Crippen molar-refractivity contribution in [2.75, 3.05) is 14.1 Å². The molecule has 0 fully saturated rings. The molecule has 1 aromatic rings. The van der Waals surface area contributed by atoms with Gasteiger partial charge in [-0.15, -0.1) is 0 Å². The van der Waals surface area contributed by atoms with Gasteiger partial charge in [0.05, 0.1) is 4.90 Å². The summed E-state index contributed by atoms with van der Waals surface area (Å²) in [4.78, 5) is 0.287. The number of rotatable bonds is 7. The van der Waals surface area contributed by atoms with Gasteiger partial charge in [-0.2, -0.15) is 4.31 Å². The predicted molar refractivity (Wildman–Crippen MR) is 88.1 cm³/mol. The second kappa shape index (κ2) is 7.58. The van der Waals surface area contributed by atoms with Crippen LogP contribution in [-0.2, 0) is 16.6 Å². The minimum Gasteiger partial charge on any atom is -0.316 e. The minimum absolute atomic E-state index is 0.0431. The third-order valence-corrected chi connectivity index (χ3v) is 5.83. The summed E-state index contributed by atoms with van der Waals surface area (Å²) in [5, 5.41) is 3.56. The average Bonchev–Trinajstić information content (AvgIpc) is 2.39. The van der Waals surface area contributed by atoms with Crippen LogP contribution in [0, 0.1) is 5.92 Å². The van der Waals surface area contributed by atoms with Crippen molar-refractivity contribution in [2.45, 2.75) is 44.7 Å². The lowest BCUT2D eigenvalue weighted by molar-refractivity contribution is 0.338. The van der Waals surface area contributed by atoms with Crippen molar-refractivity contribution in [3.63, 3.8) is 0 Å². The molecule has 0 bridgehead atoms. The van der Waals surface area contributed by atoms with Gasteiger partial charge in [0.2, 0.25) is 10.0 Å². The van der Waals surface area contributed by atoms with E-state index in [-0.39, 0.29) is 10.9 Å². The molecule has 4 nitrogen and oxygen atoms in total. The quantitative estimate of drug-likeness (QED) is 0.834. The molecule has 0 aromatic heterocycles. The summed E-state index contributed by atoms with van der Waals surface area (Å²) in [7, 11) is -0.0609. The summed E-state index contributed by atoms with van der Waals surface area (Å²) in [6.07, 6.45) is 0.826. The third kappa shape index (κ3) is 4.68. The molecule has 6 heteroatoms. The molecule has 1 aromatic carbocycles. The van der Waals surface area contributed by atoms with Crippen molar-refractivity contribution < 1.29 is 8.42 Å². The summed E-state index contributed by atoms with van der Waals surface area (Å²) < 4.78 is 26.8. The first-order valence-corrected chi connectivity index (χ1v) is 8.93. The van der Waals surface area contributed by atoms with E-state index >= 15 is 0 Å². The number of nitrogens with zero attached hydrogens (tertiary/aromatic N) is 1. The molecule has 0 spiro atoms. The lowest BCUT2D eigenvalue weighted by atomic mass is 10.1. The number of hydrogen-bond acceptors (Lipinski definition) is 3. The molecule has 0 aliphatic heterocycles. The van der Waals surface area contributed by atoms with Crippen LogP contribution in [0.25, 0.3) is 0 Å². The number of sulfonamides is 1. The molecule has 0 amide bonds. The molecular weight excluding hydrogens is 308 g/mol. The predicted octanol–water partition coefficient (Wildman–Crippen LogP) is 3.11. The second-order valence-corrected chi connectivity index (χ2v) is 8.19. The largest absolute Gasteiger partial charge is 0.316 e. The summed E-state index contributed by atoms with van der Waals surface area (Å²) in [6, 6.07) is 4.81. The molecule has 0 saturated carbocycles. The Labute approximate surface area is 133 Å². The zero-order chi connectivity index (χ0) is 16.2. The van der Waals surface area contributed by atoms with Crippen LogP contribution in [0.15, 0.2) is 23.1 Å². The second-order valence-electron chi connectivity index (χ2n) is 5.78. The van der Waals surface area contributed by atoms with Gasteiger partial charge < -0.3 is 5.32 Å². The Bertz CT molecular complexity index is 573. The van der Waals surface area contributed by atoms with E-state index in [0.717, 1.165) is 12.0 Å². The van der Waals surface area contributed by atoms with E-state index in [9.17, 15) is 8.42 Å². The minimum atomic E-state index is -3.49. The van der Waals surface area contributed by atoms with Crippen LogP contribution in [0.1, 0.15) is 32.8 Å². The number of halogens is 1. The Kier molecular flexibility index (Phi) is 6.66. The SMILES string of the molecule is CNCc1cc(S(=O)(=O)N(C)C(C)CC(C)C)ccc1Cl. The number of nitrogens with one attached hydrogen (secondary N) is 1. The highest BCUT2D eigenvalue weighted by molar-refractivity contribution is 7.89. The monoisotopic (exact) mass is 332 g/mol. The Balaban J connectivity index is 3.10. The van der Waals surface area contributed by atoms with E-state index < -0.39 is 10.0 Å². The zero-order valence-corrected chi connectivity index (χ0v) is 14.9. The van der Waals surface area contributed by atoms with Crippen LogP contribution in [-0.4, -0.2) is 32.9 Å². The molecule has 0 aliphatic rings. The summed E-state index contributed by atoms with van der Waals surface area (Å²) >= 11 is 6.09. The normalized spacial score (nSPS) is 13.9. The van der Waals surface area contributed by atoms with Crippen LogP contribution in [0.4, 0.5) is 0 Å². The van der Waals surface area contributed by atoms with E-state index in [4.69, 9.17) is 11.6 Å². The van der Waals surface area contributed by atoms with Crippen molar-refractivity contribution in [1.82, 2.24) is 9.62 Å². The van der Waals surface area contributed by atoms with Gasteiger partial charge in [-0.25, -0.2) is 8.42 Å².